The van der Waals surface area contributed by atoms with Crippen LogP contribution in [0.2, 0.25) is 0 Å². The normalized spacial score (nSPS) is 11.3. The molecule has 174 valence electrons. The van der Waals surface area contributed by atoms with Gasteiger partial charge in [-0.1, -0.05) is 25.6 Å². The summed E-state index contributed by atoms with van der Waals surface area (Å²) in [5, 5.41) is 16.3. The van der Waals surface area contributed by atoms with Gasteiger partial charge in [-0.25, -0.2) is 0 Å². The van der Waals surface area contributed by atoms with Crippen LogP contribution in [-0.2, 0) is 13.0 Å². The average Bonchev–Trinajstić information content (AvgIpc) is 3.11. The summed E-state index contributed by atoms with van der Waals surface area (Å²) in [5.74, 6) is 3.68. The van der Waals surface area contributed by atoms with E-state index in [1.165, 1.54) is 0 Å². The van der Waals surface area contributed by atoms with Gasteiger partial charge in [-0.3, -0.25) is 4.99 Å². The lowest BCUT2D eigenvalue weighted by Gasteiger charge is -2.14. The summed E-state index contributed by atoms with van der Waals surface area (Å²) in [6, 6.07) is 5.70. The Morgan fingerprint density at radius 2 is 1.94 bits per heavy atom. The molecule has 0 saturated carbocycles. The first-order valence-electron chi connectivity index (χ1n) is 10.3. The largest absolute Gasteiger partial charge is 0.493 e. The molecule has 10 heteroatoms. The lowest BCUT2D eigenvalue weighted by atomic mass is 10.2. The molecule has 2 N–H and O–H groups in total. The fourth-order valence-corrected chi connectivity index (χ4v) is 3.51. The molecule has 31 heavy (non-hydrogen) atoms. The molecule has 0 aliphatic rings. The van der Waals surface area contributed by atoms with Gasteiger partial charge < -0.3 is 24.7 Å². The molecule has 0 fully saturated rings. The van der Waals surface area contributed by atoms with E-state index < -0.39 is 0 Å². The summed E-state index contributed by atoms with van der Waals surface area (Å²) >= 11 is 1.64. The van der Waals surface area contributed by atoms with E-state index >= 15 is 0 Å². The quantitative estimate of drug-likeness (QED) is 0.139. The number of aromatic nitrogens is 3. The number of aryl methyl sites for hydroxylation is 1. The van der Waals surface area contributed by atoms with E-state index in [0.717, 1.165) is 48.6 Å². The minimum Gasteiger partial charge on any atom is -0.493 e. The minimum atomic E-state index is 0. The summed E-state index contributed by atoms with van der Waals surface area (Å²) in [5.41, 5.74) is 0.883. The Morgan fingerprint density at radius 1 is 1.19 bits per heavy atom. The van der Waals surface area contributed by atoms with Crippen molar-refractivity contribution >= 4 is 47.4 Å². The molecule has 0 bridgehead atoms. The third kappa shape index (κ3) is 8.40. The van der Waals surface area contributed by atoms with Crippen LogP contribution in [0, 0.1) is 5.92 Å². The molecule has 0 radical (unpaired) electrons. The number of halogens is 1. The van der Waals surface area contributed by atoms with Crippen molar-refractivity contribution in [3.8, 4) is 11.5 Å². The molecule has 1 heterocycles. The van der Waals surface area contributed by atoms with Gasteiger partial charge in [0.1, 0.15) is 5.82 Å². The van der Waals surface area contributed by atoms with E-state index in [1.807, 2.05) is 31.4 Å². The summed E-state index contributed by atoms with van der Waals surface area (Å²) in [6.07, 6.45) is 3.78. The van der Waals surface area contributed by atoms with E-state index in [-0.39, 0.29) is 24.0 Å². The van der Waals surface area contributed by atoms with Crippen LogP contribution in [0.3, 0.4) is 0 Å². The molecule has 0 aliphatic heterocycles. The van der Waals surface area contributed by atoms with Gasteiger partial charge in [-0.15, -0.1) is 34.2 Å². The van der Waals surface area contributed by atoms with Crippen LogP contribution in [-0.4, -0.2) is 54.3 Å². The topological polar surface area (TPSA) is 85.6 Å². The number of nitrogens with one attached hydrogen (secondary N) is 2. The van der Waals surface area contributed by atoms with Crippen molar-refractivity contribution in [1.29, 1.82) is 0 Å². The van der Waals surface area contributed by atoms with Crippen molar-refractivity contribution in [2.75, 3.05) is 38.9 Å². The Morgan fingerprint density at radius 3 is 2.55 bits per heavy atom. The maximum absolute atomic E-state index is 5.37. The predicted molar refractivity (Wildman–Crippen MR) is 140 cm³/mol. The zero-order chi connectivity index (χ0) is 21.9. The zero-order valence-electron chi connectivity index (χ0n) is 19.3. The lowest BCUT2D eigenvalue weighted by Crippen LogP contribution is -2.30. The van der Waals surface area contributed by atoms with Gasteiger partial charge in [0.05, 0.1) is 14.2 Å². The van der Waals surface area contributed by atoms with Gasteiger partial charge in [-0.05, 0) is 37.7 Å². The van der Waals surface area contributed by atoms with Crippen molar-refractivity contribution in [3.63, 3.8) is 0 Å². The number of nitrogens with zero attached hydrogens (tertiary/aromatic N) is 4. The fourth-order valence-electron chi connectivity index (χ4n) is 2.99. The highest BCUT2D eigenvalue weighted by Gasteiger charge is 2.12. The van der Waals surface area contributed by atoms with Crippen molar-refractivity contribution in [2.45, 2.75) is 45.3 Å². The van der Waals surface area contributed by atoms with Gasteiger partial charge in [0.2, 0.25) is 0 Å². The maximum Gasteiger partial charge on any atom is 0.195 e. The van der Waals surface area contributed by atoms with E-state index in [4.69, 9.17) is 14.5 Å². The molecule has 1 aromatic heterocycles. The molecule has 0 atom stereocenters. The zero-order valence-corrected chi connectivity index (χ0v) is 22.4. The molecule has 0 aliphatic carbocycles. The van der Waals surface area contributed by atoms with Crippen molar-refractivity contribution in [3.05, 3.63) is 24.0 Å². The highest BCUT2D eigenvalue weighted by atomic mass is 127. The predicted octanol–water partition coefficient (Wildman–Crippen LogP) is 4.30. The standard InChI is InChI=1S/C21H34N6O2S.HI/c1-7-22-20(24-16-10-11-17(28-4)18(13-16)29-5)23-12-8-9-19-25-26-21(30-6)27(19)14-15(2)3;/h10-11,13,15H,7-9,12,14H2,1-6H3,(H2,22,23,24);1H. The molecule has 2 aromatic rings. The molecular weight excluding hydrogens is 527 g/mol. The third-order valence-corrected chi connectivity index (χ3v) is 5.01. The molecule has 2 rings (SSSR count). The second-order valence-corrected chi connectivity index (χ2v) is 7.94. The summed E-state index contributed by atoms with van der Waals surface area (Å²) in [6.45, 7) is 8.86. The van der Waals surface area contributed by atoms with Crippen LogP contribution >= 0.6 is 35.7 Å². The van der Waals surface area contributed by atoms with Crippen LogP contribution in [0.5, 0.6) is 11.5 Å². The number of aliphatic imine (C=N–C) groups is 1. The first-order valence-corrected chi connectivity index (χ1v) is 11.5. The Kier molecular flexibility index (Phi) is 12.7. The van der Waals surface area contributed by atoms with Crippen molar-refractivity contribution in [2.24, 2.45) is 10.9 Å². The first kappa shape index (κ1) is 27.3. The van der Waals surface area contributed by atoms with Gasteiger partial charge in [0.25, 0.3) is 0 Å². The van der Waals surface area contributed by atoms with Crippen LogP contribution in [0.4, 0.5) is 5.69 Å². The van der Waals surface area contributed by atoms with Gasteiger partial charge in [-0.2, -0.15) is 0 Å². The Bertz CT molecular complexity index is 828. The SMILES string of the molecule is CCNC(=NCCCc1nnc(SC)n1CC(C)C)Nc1ccc(OC)c(OC)c1.I. The van der Waals surface area contributed by atoms with Crippen LogP contribution in [0.15, 0.2) is 28.3 Å². The van der Waals surface area contributed by atoms with Gasteiger partial charge in [0, 0.05) is 37.8 Å². The number of rotatable bonds is 11. The van der Waals surface area contributed by atoms with Gasteiger partial charge in [0.15, 0.2) is 22.6 Å². The van der Waals surface area contributed by atoms with E-state index in [9.17, 15) is 0 Å². The number of benzene rings is 1. The summed E-state index contributed by atoms with van der Waals surface area (Å²) < 4.78 is 12.9. The molecular formula is C21H35IN6O2S. The monoisotopic (exact) mass is 562 g/mol. The minimum absolute atomic E-state index is 0. The van der Waals surface area contributed by atoms with Crippen LogP contribution in [0.25, 0.3) is 0 Å². The number of anilines is 1. The highest BCUT2D eigenvalue weighted by Crippen LogP contribution is 2.29. The van der Waals surface area contributed by atoms with E-state index in [1.54, 1.807) is 26.0 Å². The lowest BCUT2D eigenvalue weighted by molar-refractivity contribution is 0.355. The fraction of sp³-hybridized carbons (Fsp3) is 0.571. The number of hydrogen-bond acceptors (Lipinski definition) is 6. The molecule has 8 nitrogen and oxygen atoms in total. The molecule has 0 amide bonds. The van der Waals surface area contributed by atoms with Crippen molar-refractivity contribution < 1.29 is 9.47 Å². The summed E-state index contributed by atoms with van der Waals surface area (Å²) in [7, 11) is 3.25. The Hall–Kier alpha value is -1.69. The van der Waals surface area contributed by atoms with Crippen LogP contribution in [0.1, 0.15) is 33.0 Å². The third-order valence-electron chi connectivity index (χ3n) is 4.34. The van der Waals surface area contributed by atoms with Gasteiger partial charge >= 0.3 is 0 Å². The van der Waals surface area contributed by atoms with Crippen molar-refractivity contribution in [1.82, 2.24) is 20.1 Å². The number of ether oxygens (including phenoxy) is 2. The Labute approximate surface area is 207 Å². The second kappa shape index (κ2) is 14.4. The molecule has 0 spiro atoms. The number of thioether (sulfide) groups is 1. The highest BCUT2D eigenvalue weighted by molar-refractivity contribution is 14.0. The number of guanidine groups is 1. The molecule has 1 aromatic carbocycles. The second-order valence-electron chi connectivity index (χ2n) is 7.17. The number of methoxy groups -OCH3 is 2. The number of hydrogen-bond donors (Lipinski definition) is 2. The summed E-state index contributed by atoms with van der Waals surface area (Å²) in [4.78, 5) is 4.70. The van der Waals surface area contributed by atoms with E-state index in [2.05, 4.69) is 39.2 Å². The first-order chi connectivity index (χ1) is 14.5. The molecule has 0 saturated heterocycles. The maximum atomic E-state index is 5.37. The van der Waals surface area contributed by atoms with E-state index in [0.29, 0.717) is 24.0 Å². The average molecular weight is 563 g/mol. The Balaban J connectivity index is 0.00000480. The van der Waals surface area contributed by atoms with Crippen LogP contribution < -0.4 is 20.1 Å². The molecule has 0 unspecified atom stereocenters. The smallest absolute Gasteiger partial charge is 0.195 e.